The molecule has 2 aromatic rings. The fourth-order valence-electron chi connectivity index (χ4n) is 4.29. The lowest BCUT2D eigenvalue weighted by Gasteiger charge is -2.23. The molecule has 190 valence electrons. The number of methoxy groups -OCH3 is 1. The molecule has 12 heteroatoms. The summed E-state index contributed by atoms with van der Waals surface area (Å²) in [5, 5.41) is 0. The minimum absolute atomic E-state index is 0.00449. The number of amides is 1. The molecule has 0 aliphatic carbocycles. The van der Waals surface area contributed by atoms with Crippen molar-refractivity contribution < 1.29 is 35.9 Å². The molecule has 4 rings (SSSR count). The molecule has 2 aliphatic rings. The Labute approximate surface area is 201 Å². The largest absolute Gasteiger partial charge is 0.479 e. The molecule has 1 aromatic heterocycles. The van der Waals surface area contributed by atoms with Gasteiger partial charge in [-0.25, -0.2) is 13.4 Å². The number of nitrogens with zero attached hydrogens (tertiary/aromatic N) is 2. The minimum atomic E-state index is -4.96. The predicted molar refractivity (Wildman–Crippen MR) is 121 cm³/mol. The summed E-state index contributed by atoms with van der Waals surface area (Å²) in [6.07, 6.45) is -1.87. The van der Waals surface area contributed by atoms with Crippen LogP contribution in [0.2, 0.25) is 0 Å². The third-order valence-electron chi connectivity index (χ3n) is 6.13. The van der Waals surface area contributed by atoms with E-state index < -0.39 is 22.1 Å². The van der Waals surface area contributed by atoms with Gasteiger partial charge in [-0.1, -0.05) is 12.1 Å². The van der Waals surface area contributed by atoms with E-state index in [9.17, 15) is 26.4 Å². The van der Waals surface area contributed by atoms with Crippen LogP contribution in [0.5, 0.6) is 5.88 Å². The Kier molecular flexibility index (Phi) is 7.22. The Bertz CT molecular complexity index is 1180. The van der Waals surface area contributed by atoms with Gasteiger partial charge in [0, 0.05) is 31.8 Å². The molecule has 1 saturated heterocycles. The van der Waals surface area contributed by atoms with Crippen LogP contribution in [0.25, 0.3) is 0 Å². The number of benzene rings is 1. The number of alkyl halides is 3. The molecule has 1 aromatic carbocycles. The first-order valence-electron chi connectivity index (χ1n) is 11.3. The van der Waals surface area contributed by atoms with Gasteiger partial charge in [-0.2, -0.15) is 13.2 Å². The molecule has 8 nitrogen and oxygen atoms in total. The van der Waals surface area contributed by atoms with Crippen molar-refractivity contribution in [3.63, 3.8) is 0 Å². The number of anilines is 1. The number of pyridine rings is 1. The van der Waals surface area contributed by atoms with E-state index in [2.05, 4.69) is 9.71 Å². The van der Waals surface area contributed by atoms with E-state index in [0.717, 1.165) is 29.7 Å². The number of rotatable bonds is 5. The SMILES string of the molecule is COc1nc2c(cc1NS(=O)(=O)c1ccc([C@H]3CCCCO3)cc1)CCN(C(=O)C(F)(F)F)CC2. The van der Waals surface area contributed by atoms with Gasteiger partial charge in [-0.3, -0.25) is 9.52 Å². The second-order valence-corrected chi connectivity index (χ2v) is 10.2. The number of halogens is 3. The van der Waals surface area contributed by atoms with Crippen molar-refractivity contribution in [2.75, 3.05) is 31.5 Å². The summed E-state index contributed by atoms with van der Waals surface area (Å²) in [4.78, 5) is 16.7. The monoisotopic (exact) mass is 513 g/mol. The zero-order valence-corrected chi connectivity index (χ0v) is 19.9. The molecule has 3 heterocycles. The zero-order chi connectivity index (χ0) is 25.2. The van der Waals surface area contributed by atoms with Crippen molar-refractivity contribution >= 4 is 21.6 Å². The van der Waals surface area contributed by atoms with Crippen LogP contribution in [0, 0.1) is 0 Å². The predicted octanol–water partition coefficient (Wildman–Crippen LogP) is 3.62. The fraction of sp³-hybridized carbons (Fsp3) is 0.478. The van der Waals surface area contributed by atoms with Gasteiger partial charge >= 0.3 is 12.1 Å². The van der Waals surface area contributed by atoms with Crippen molar-refractivity contribution in [1.29, 1.82) is 0 Å². The first-order chi connectivity index (χ1) is 16.6. The van der Waals surface area contributed by atoms with E-state index in [4.69, 9.17) is 9.47 Å². The first kappa shape index (κ1) is 25.2. The van der Waals surface area contributed by atoms with Crippen molar-refractivity contribution in [3.8, 4) is 5.88 Å². The van der Waals surface area contributed by atoms with Crippen LogP contribution in [0.15, 0.2) is 35.2 Å². The van der Waals surface area contributed by atoms with Gasteiger partial charge in [0.1, 0.15) is 5.69 Å². The average molecular weight is 514 g/mol. The lowest BCUT2D eigenvalue weighted by molar-refractivity contribution is -0.185. The Morgan fingerprint density at radius 1 is 1.17 bits per heavy atom. The molecule has 2 aliphatic heterocycles. The highest BCUT2D eigenvalue weighted by molar-refractivity contribution is 7.92. The molecule has 0 spiro atoms. The molecule has 0 unspecified atom stereocenters. The highest BCUT2D eigenvalue weighted by Gasteiger charge is 2.42. The summed E-state index contributed by atoms with van der Waals surface area (Å²) in [5.74, 6) is -1.91. The second kappa shape index (κ2) is 10.0. The summed E-state index contributed by atoms with van der Waals surface area (Å²) in [7, 11) is -2.68. The molecule has 1 amide bonds. The van der Waals surface area contributed by atoms with Gasteiger partial charge in [0.05, 0.1) is 18.1 Å². The quantitative estimate of drug-likeness (QED) is 0.656. The number of carbonyl (C=O) groups excluding carboxylic acids is 1. The van der Waals surface area contributed by atoms with Crippen LogP contribution in [-0.4, -0.2) is 57.2 Å². The van der Waals surface area contributed by atoms with Gasteiger partial charge in [0.15, 0.2) is 0 Å². The zero-order valence-electron chi connectivity index (χ0n) is 19.1. The minimum Gasteiger partial charge on any atom is -0.479 e. The maximum absolute atomic E-state index is 13.0. The Morgan fingerprint density at radius 2 is 1.89 bits per heavy atom. The van der Waals surface area contributed by atoms with Crippen LogP contribution >= 0.6 is 0 Å². The van der Waals surface area contributed by atoms with Crippen LogP contribution in [-0.2, 0) is 32.4 Å². The molecular weight excluding hydrogens is 487 g/mol. The summed E-state index contributed by atoms with van der Waals surface area (Å²) in [6.45, 7) is 0.374. The summed E-state index contributed by atoms with van der Waals surface area (Å²) in [6, 6.07) is 7.95. The first-order valence-corrected chi connectivity index (χ1v) is 12.7. The van der Waals surface area contributed by atoms with Crippen molar-refractivity contribution in [2.45, 2.75) is 49.3 Å². The van der Waals surface area contributed by atoms with E-state index in [1.54, 1.807) is 12.1 Å². The van der Waals surface area contributed by atoms with Gasteiger partial charge < -0.3 is 14.4 Å². The maximum atomic E-state index is 13.0. The number of aromatic nitrogens is 1. The van der Waals surface area contributed by atoms with Gasteiger partial charge in [0.2, 0.25) is 5.88 Å². The third kappa shape index (κ3) is 5.69. The Balaban J connectivity index is 1.53. The van der Waals surface area contributed by atoms with E-state index in [0.29, 0.717) is 17.9 Å². The Morgan fingerprint density at radius 3 is 2.51 bits per heavy atom. The normalized spacial score (nSPS) is 19.0. The molecular formula is C23H26F3N3O5S. The van der Waals surface area contributed by atoms with Gasteiger partial charge in [-0.15, -0.1) is 0 Å². The van der Waals surface area contributed by atoms with Crippen LogP contribution < -0.4 is 9.46 Å². The summed E-state index contributed by atoms with van der Waals surface area (Å²) < 4.78 is 78.1. The van der Waals surface area contributed by atoms with Crippen molar-refractivity contribution in [2.24, 2.45) is 0 Å². The highest BCUT2D eigenvalue weighted by Crippen LogP contribution is 2.32. The summed E-state index contributed by atoms with van der Waals surface area (Å²) >= 11 is 0. The summed E-state index contributed by atoms with van der Waals surface area (Å²) in [5.41, 5.74) is 1.98. The van der Waals surface area contributed by atoms with Crippen molar-refractivity contribution in [1.82, 2.24) is 9.88 Å². The number of hydrogen-bond acceptors (Lipinski definition) is 6. The van der Waals surface area contributed by atoms with Gasteiger partial charge in [0.25, 0.3) is 10.0 Å². The molecule has 1 N–H and O–H groups in total. The number of ether oxygens (including phenoxy) is 2. The second-order valence-electron chi connectivity index (χ2n) is 8.47. The lowest BCUT2D eigenvalue weighted by Crippen LogP contribution is -2.42. The molecule has 35 heavy (non-hydrogen) atoms. The number of nitrogens with one attached hydrogen (secondary N) is 1. The van der Waals surface area contributed by atoms with E-state index in [1.165, 1.54) is 25.3 Å². The molecule has 0 radical (unpaired) electrons. The van der Waals surface area contributed by atoms with Gasteiger partial charge in [-0.05, 0) is 55.0 Å². The number of sulfonamides is 1. The molecule has 1 atom stereocenters. The molecule has 1 fully saturated rings. The van der Waals surface area contributed by atoms with E-state index >= 15 is 0 Å². The maximum Gasteiger partial charge on any atom is 0.471 e. The van der Waals surface area contributed by atoms with E-state index in [-0.39, 0.29) is 48.5 Å². The Hall–Kier alpha value is -2.86. The third-order valence-corrected chi connectivity index (χ3v) is 7.52. The van der Waals surface area contributed by atoms with Crippen LogP contribution in [0.1, 0.15) is 42.2 Å². The van der Waals surface area contributed by atoms with Crippen molar-refractivity contribution in [3.05, 3.63) is 47.2 Å². The smallest absolute Gasteiger partial charge is 0.471 e. The standard InChI is InChI=1S/C23H26F3N3O5S/c1-33-21-19(14-16-9-11-29(12-10-18(16)27-21)22(30)23(24,25)26)28-35(31,32)17-7-5-15(6-8-17)20-4-2-3-13-34-20/h5-8,14,20,28H,2-4,9-13H2,1H3/t20-/m1/s1. The number of carbonyl (C=O) groups is 1. The van der Waals surface area contributed by atoms with E-state index in [1.807, 2.05) is 0 Å². The number of hydrogen-bond donors (Lipinski definition) is 1. The number of fused-ring (bicyclic) bond motifs is 1. The molecule has 0 saturated carbocycles. The van der Waals surface area contributed by atoms with Crippen LogP contribution in [0.3, 0.4) is 0 Å². The van der Waals surface area contributed by atoms with Crippen LogP contribution in [0.4, 0.5) is 18.9 Å². The lowest BCUT2D eigenvalue weighted by atomic mass is 10.0. The topological polar surface area (TPSA) is 97.8 Å². The molecule has 0 bridgehead atoms. The highest BCUT2D eigenvalue weighted by atomic mass is 32.2. The average Bonchev–Trinajstić information content (AvgIpc) is 3.05. The fourth-order valence-corrected chi connectivity index (χ4v) is 5.34.